The predicted octanol–water partition coefficient (Wildman–Crippen LogP) is 1.71. The first-order valence-electron chi connectivity index (χ1n) is 7.32. The minimum absolute atomic E-state index is 0.0232. The van der Waals surface area contributed by atoms with Crippen LogP contribution in [0, 0.1) is 0 Å². The summed E-state index contributed by atoms with van der Waals surface area (Å²) in [5.41, 5.74) is 6.99. The summed E-state index contributed by atoms with van der Waals surface area (Å²) in [5.74, 6) is 0.875. The third-order valence-corrected chi connectivity index (χ3v) is 3.56. The quantitative estimate of drug-likeness (QED) is 0.848. The van der Waals surface area contributed by atoms with Gasteiger partial charge in [-0.15, -0.1) is 0 Å². The van der Waals surface area contributed by atoms with Crippen LogP contribution in [0.25, 0.3) is 0 Å². The fourth-order valence-electron chi connectivity index (χ4n) is 2.31. The van der Waals surface area contributed by atoms with Crippen molar-refractivity contribution >= 4 is 11.7 Å². The largest absolute Gasteiger partial charge is 0.497 e. The Morgan fingerprint density at radius 3 is 2.70 bits per heavy atom. The van der Waals surface area contributed by atoms with Crippen molar-refractivity contribution in [2.45, 2.75) is 6.04 Å². The number of hydrogen-bond acceptors (Lipinski definition) is 5. The van der Waals surface area contributed by atoms with Crippen molar-refractivity contribution in [1.82, 2.24) is 15.2 Å². The van der Waals surface area contributed by atoms with Gasteiger partial charge in [-0.1, -0.05) is 18.2 Å². The Balaban J connectivity index is 2.09. The van der Waals surface area contributed by atoms with Crippen LogP contribution in [-0.4, -0.2) is 43.5 Å². The molecule has 0 saturated heterocycles. The highest BCUT2D eigenvalue weighted by atomic mass is 16.5. The number of nitrogen functional groups attached to an aromatic ring is 1. The van der Waals surface area contributed by atoms with Gasteiger partial charge in [0.25, 0.3) is 5.91 Å². The summed E-state index contributed by atoms with van der Waals surface area (Å²) >= 11 is 0. The fraction of sp³-hybridized carbons (Fsp3) is 0.294. The molecule has 0 radical (unpaired) electrons. The molecule has 2 rings (SSSR count). The maximum absolute atomic E-state index is 12.2. The van der Waals surface area contributed by atoms with Crippen LogP contribution in [0.15, 0.2) is 42.5 Å². The summed E-state index contributed by atoms with van der Waals surface area (Å²) in [4.78, 5) is 18.3. The number of nitrogens with one attached hydrogen (secondary N) is 1. The Labute approximate surface area is 136 Å². The Hall–Kier alpha value is -2.60. The third-order valence-electron chi connectivity index (χ3n) is 3.56. The molecule has 0 aliphatic rings. The SMILES string of the molecule is COc1cccc(C(CNC(=O)c2cccc(N)n2)N(C)C)c1. The van der Waals surface area contributed by atoms with Crippen LogP contribution in [0.3, 0.4) is 0 Å². The molecule has 1 aromatic heterocycles. The van der Waals surface area contributed by atoms with Gasteiger partial charge < -0.3 is 20.7 Å². The van der Waals surface area contributed by atoms with E-state index in [-0.39, 0.29) is 11.9 Å². The van der Waals surface area contributed by atoms with Gasteiger partial charge in [0, 0.05) is 6.54 Å². The van der Waals surface area contributed by atoms with E-state index in [9.17, 15) is 4.79 Å². The summed E-state index contributed by atoms with van der Waals surface area (Å²) in [7, 11) is 5.57. The van der Waals surface area contributed by atoms with Crippen molar-refractivity contribution < 1.29 is 9.53 Å². The number of hydrogen-bond donors (Lipinski definition) is 2. The number of methoxy groups -OCH3 is 1. The van der Waals surface area contributed by atoms with Crippen LogP contribution >= 0.6 is 0 Å². The van der Waals surface area contributed by atoms with Crippen molar-refractivity contribution in [3.05, 3.63) is 53.7 Å². The maximum atomic E-state index is 12.2. The van der Waals surface area contributed by atoms with E-state index < -0.39 is 0 Å². The molecule has 1 amide bonds. The molecule has 1 atom stereocenters. The molecule has 1 heterocycles. The second kappa shape index (κ2) is 7.60. The molecule has 0 bridgehead atoms. The number of carbonyl (C=O) groups is 1. The van der Waals surface area contributed by atoms with Crippen molar-refractivity contribution in [3.63, 3.8) is 0 Å². The third kappa shape index (κ3) is 4.43. The molecule has 0 spiro atoms. The molecule has 2 aromatic rings. The van der Waals surface area contributed by atoms with Crippen molar-refractivity contribution in [3.8, 4) is 5.75 Å². The highest BCUT2D eigenvalue weighted by Gasteiger charge is 2.17. The van der Waals surface area contributed by atoms with E-state index in [1.165, 1.54) is 0 Å². The monoisotopic (exact) mass is 314 g/mol. The van der Waals surface area contributed by atoms with Crippen LogP contribution in [-0.2, 0) is 0 Å². The Morgan fingerprint density at radius 2 is 2.04 bits per heavy atom. The summed E-state index contributed by atoms with van der Waals surface area (Å²) in [6.45, 7) is 0.454. The summed E-state index contributed by atoms with van der Waals surface area (Å²) in [5, 5.41) is 2.90. The van der Waals surface area contributed by atoms with Gasteiger partial charge in [0.2, 0.25) is 0 Å². The number of amides is 1. The average molecular weight is 314 g/mol. The van der Waals surface area contributed by atoms with E-state index in [0.29, 0.717) is 18.1 Å². The van der Waals surface area contributed by atoms with Gasteiger partial charge in [0.15, 0.2) is 0 Å². The minimum Gasteiger partial charge on any atom is -0.497 e. The first-order chi connectivity index (χ1) is 11.0. The van der Waals surface area contributed by atoms with E-state index in [4.69, 9.17) is 10.5 Å². The molecular formula is C17H22N4O2. The molecule has 1 aromatic carbocycles. The Bertz CT molecular complexity index is 673. The number of rotatable bonds is 6. The minimum atomic E-state index is -0.243. The van der Waals surface area contributed by atoms with Gasteiger partial charge in [-0.25, -0.2) is 4.98 Å². The van der Waals surface area contributed by atoms with Gasteiger partial charge in [0.1, 0.15) is 17.3 Å². The second-order valence-electron chi connectivity index (χ2n) is 5.41. The molecule has 0 aliphatic carbocycles. The zero-order valence-corrected chi connectivity index (χ0v) is 13.6. The average Bonchev–Trinajstić information content (AvgIpc) is 2.54. The Kier molecular flexibility index (Phi) is 5.54. The molecule has 122 valence electrons. The van der Waals surface area contributed by atoms with Gasteiger partial charge >= 0.3 is 0 Å². The standard InChI is InChI=1S/C17H22N4O2/c1-21(2)15(12-6-4-7-13(10-12)23-3)11-19-17(22)14-8-5-9-16(18)20-14/h4-10,15H,11H2,1-3H3,(H2,18,20)(H,19,22). The van der Waals surface area contributed by atoms with Crippen molar-refractivity contribution in [1.29, 1.82) is 0 Å². The van der Waals surface area contributed by atoms with Crippen LogP contribution in [0.1, 0.15) is 22.1 Å². The number of carbonyl (C=O) groups excluding carboxylic acids is 1. The zero-order valence-electron chi connectivity index (χ0n) is 13.6. The lowest BCUT2D eigenvalue weighted by Crippen LogP contribution is -2.35. The molecule has 0 saturated carbocycles. The number of aromatic nitrogens is 1. The predicted molar refractivity (Wildman–Crippen MR) is 90.4 cm³/mol. The van der Waals surface area contributed by atoms with Crippen LogP contribution in [0.2, 0.25) is 0 Å². The van der Waals surface area contributed by atoms with Crippen LogP contribution in [0.5, 0.6) is 5.75 Å². The number of ether oxygens (including phenoxy) is 1. The smallest absolute Gasteiger partial charge is 0.270 e. The van der Waals surface area contributed by atoms with Gasteiger partial charge in [-0.05, 0) is 43.9 Å². The summed E-state index contributed by atoms with van der Waals surface area (Å²) in [6, 6.07) is 12.8. The lowest BCUT2D eigenvalue weighted by atomic mass is 10.1. The fourth-order valence-corrected chi connectivity index (χ4v) is 2.31. The highest BCUT2D eigenvalue weighted by molar-refractivity contribution is 5.92. The lowest BCUT2D eigenvalue weighted by Gasteiger charge is -2.25. The zero-order chi connectivity index (χ0) is 16.8. The first kappa shape index (κ1) is 16.8. The molecule has 3 N–H and O–H groups in total. The van der Waals surface area contributed by atoms with E-state index in [2.05, 4.69) is 10.3 Å². The normalized spacial score (nSPS) is 12.0. The van der Waals surface area contributed by atoms with Crippen LogP contribution in [0.4, 0.5) is 5.82 Å². The molecule has 6 heteroatoms. The summed E-state index contributed by atoms with van der Waals surface area (Å²) in [6.07, 6.45) is 0. The summed E-state index contributed by atoms with van der Waals surface area (Å²) < 4.78 is 5.26. The molecule has 6 nitrogen and oxygen atoms in total. The topological polar surface area (TPSA) is 80.5 Å². The number of nitrogens with two attached hydrogens (primary N) is 1. The van der Waals surface area contributed by atoms with Gasteiger partial charge in [-0.2, -0.15) is 0 Å². The first-order valence-corrected chi connectivity index (χ1v) is 7.32. The number of nitrogens with zero attached hydrogens (tertiary/aromatic N) is 2. The number of benzene rings is 1. The van der Waals surface area contributed by atoms with Crippen molar-refractivity contribution in [2.75, 3.05) is 33.5 Å². The van der Waals surface area contributed by atoms with Crippen LogP contribution < -0.4 is 15.8 Å². The van der Waals surface area contributed by atoms with Gasteiger partial charge in [-0.3, -0.25) is 4.79 Å². The number of likely N-dealkylation sites (N-methyl/N-ethyl adjacent to an activating group) is 1. The molecule has 23 heavy (non-hydrogen) atoms. The van der Waals surface area contributed by atoms with E-state index in [1.807, 2.05) is 43.3 Å². The van der Waals surface area contributed by atoms with E-state index >= 15 is 0 Å². The van der Waals surface area contributed by atoms with Gasteiger partial charge in [0.05, 0.1) is 13.2 Å². The van der Waals surface area contributed by atoms with Crippen molar-refractivity contribution in [2.24, 2.45) is 0 Å². The second-order valence-corrected chi connectivity index (χ2v) is 5.41. The number of anilines is 1. The molecule has 1 unspecified atom stereocenters. The van der Waals surface area contributed by atoms with E-state index in [0.717, 1.165) is 11.3 Å². The van der Waals surface area contributed by atoms with E-state index in [1.54, 1.807) is 25.3 Å². The molecule has 0 aliphatic heterocycles. The molecule has 0 fully saturated rings. The maximum Gasteiger partial charge on any atom is 0.270 e. The number of pyridine rings is 1. The Morgan fingerprint density at radius 1 is 1.30 bits per heavy atom. The highest BCUT2D eigenvalue weighted by Crippen LogP contribution is 2.22. The molecular weight excluding hydrogens is 292 g/mol. The lowest BCUT2D eigenvalue weighted by molar-refractivity contribution is 0.0937.